The van der Waals surface area contributed by atoms with Gasteiger partial charge in [-0.15, -0.1) is 0 Å². The van der Waals surface area contributed by atoms with Gasteiger partial charge in [0.1, 0.15) is 11.6 Å². The number of benzene rings is 2. The number of nitrogen functional groups attached to an aromatic ring is 2. The minimum Gasteiger partial charge on any atom is -0.398 e. The van der Waals surface area contributed by atoms with Crippen LogP contribution in [0, 0.1) is 35.3 Å². The molecule has 0 spiro atoms. The van der Waals surface area contributed by atoms with Crippen LogP contribution in [-0.2, 0) is 25.7 Å². The average Bonchev–Trinajstić information content (AvgIpc) is 3.68. The molecule has 2 nitrogen and oxygen atoms in total. The van der Waals surface area contributed by atoms with Crippen LogP contribution in [0.1, 0.15) is 84.7 Å². The van der Waals surface area contributed by atoms with Gasteiger partial charge in [-0.2, -0.15) is 0 Å². The quantitative estimate of drug-likeness (QED) is 0.542. The number of hydrogen-bond donors (Lipinski definition) is 2. The van der Waals surface area contributed by atoms with Gasteiger partial charge in [-0.3, -0.25) is 0 Å². The highest BCUT2D eigenvalue weighted by atomic mass is 19.1. The van der Waals surface area contributed by atoms with E-state index in [1.165, 1.54) is 12.8 Å². The molecule has 0 radical (unpaired) electrons. The highest BCUT2D eigenvalue weighted by Gasteiger charge is 2.49. The summed E-state index contributed by atoms with van der Waals surface area (Å²) >= 11 is 0. The Morgan fingerprint density at radius 1 is 0.812 bits per heavy atom. The number of hydrogen-bond acceptors (Lipinski definition) is 2. The van der Waals surface area contributed by atoms with Crippen LogP contribution in [-0.4, -0.2) is 0 Å². The summed E-state index contributed by atoms with van der Waals surface area (Å²) in [6.07, 6.45) is 7.94. The van der Waals surface area contributed by atoms with Crippen LogP contribution < -0.4 is 11.5 Å². The molecule has 4 aliphatic rings. The lowest BCUT2D eigenvalue weighted by Gasteiger charge is -2.19. The van der Waals surface area contributed by atoms with Gasteiger partial charge in [0, 0.05) is 11.4 Å². The van der Waals surface area contributed by atoms with Gasteiger partial charge in [-0.05, 0) is 132 Å². The van der Waals surface area contributed by atoms with Crippen molar-refractivity contribution < 1.29 is 8.78 Å². The Bertz CT molecular complexity index is 1100. The van der Waals surface area contributed by atoms with E-state index in [9.17, 15) is 4.39 Å². The Balaban J connectivity index is 1.22. The Morgan fingerprint density at radius 2 is 1.41 bits per heavy atom. The van der Waals surface area contributed by atoms with Crippen molar-refractivity contribution in [1.29, 1.82) is 0 Å². The molecular formula is C28H34F2N2. The van der Waals surface area contributed by atoms with Gasteiger partial charge in [-0.25, -0.2) is 8.78 Å². The Hall–Kier alpha value is -2.10. The second-order valence-electron chi connectivity index (χ2n) is 11.1. The predicted molar refractivity (Wildman–Crippen MR) is 126 cm³/mol. The lowest BCUT2D eigenvalue weighted by atomic mass is 9.87. The molecule has 0 aromatic heterocycles. The molecule has 0 saturated heterocycles. The SMILES string of the molecule is C[C@H](c1cc(F)c2c(c1N)CCC2)C1CC1C1Cc2c(F)cc([C@H](C)C3CC3)c(N)c2C1. The average molecular weight is 437 g/mol. The molecule has 170 valence electrons. The van der Waals surface area contributed by atoms with E-state index in [2.05, 4.69) is 13.8 Å². The van der Waals surface area contributed by atoms with Gasteiger partial charge in [-0.1, -0.05) is 13.8 Å². The molecule has 0 heterocycles. The first kappa shape index (κ1) is 20.5. The Morgan fingerprint density at radius 3 is 2.12 bits per heavy atom. The molecule has 2 aromatic carbocycles. The topological polar surface area (TPSA) is 52.0 Å². The standard InChI is InChI=1S/C28H34F2N2/c1-13(15-6-7-15)20-11-26(30)23-8-16(9-24(23)28(20)32)22-10-19(22)14(2)21-12-25(29)17-4-3-5-18(17)27(21)31/h11-16,19,22H,3-10,31-32H2,1-2H3/t13-,14+,16?,19?,22?/m1/s1. The van der Waals surface area contributed by atoms with E-state index in [4.69, 9.17) is 11.5 Å². The predicted octanol–water partition coefficient (Wildman–Crippen LogP) is 6.29. The van der Waals surface area contributed by atoms with E-state index in [1.54, 1.807) is 12.1 Å². The molecule has 5 atom stereocenters. The minimum atomic E-state index is -0.0776. The van der Waals surface area contributed by atoms with Crippen molar-refractivity contribution in [1.82, 2.24) is 0 Å². The fraction of sp³-hybridized carbons (Fsp3) is 0.571. The first-order valence-electron chi connectivity index (χ1n) is 12.5. The summed E-state index contributed by atoms with van der Waals surface area (Å²) in [5, 5.41) is 0. The second kappa shape index (κ2) is 7.20. The fourth-order valence-electron chi connectivity index (χ4n) is 7.10. The third-order valence-electron chi connectivity index (χ3n) is 9.38. The second-order valence-corrected chi connectivity index (χ2v) is 11.1. The highest BCUT2D eigenvalue weighted by Crippen LogP contribution is 2.57. The third-order valence-corrected chi connectivity index (χ3v) is 9.38. The van der Waals surface area contributed by atoms with Crippen LogP contribution in [0.25, 0.3) is 0 Å². The summed E-state index contributed by atoms with van der Waals surface area (Å²) in [7, 11) is 0. The van der Waals surface area contributed by atoms with E-state index in [0.29, 0.717) is 29.6 Å². The molecule has 0 amide bonds. The minimum absolute atomic E-state index is 0.0608. The van der Waals surface area contributed by atoms with Crippen LogP contribution in [0.15, 0.2) is 12.1 Å². The van der Waals surface area contributed by atoms with E-state index in [0.717, 1.165) is 83.3 Å². The van der Waals surface area contributed by atoms with Crippen molar-refractivity contribution in [3.05, 3.63) is 57.1 Å². The van der Waals surface area contributed by atoms with E-state index in [1.807, 2.05) is 0 Å². The fourth-order valence-corrected chi connectivity index (χ4v) is 7.10. The molecule has 0 aliphatic heterocycles. The van der Waals surface area contributed by atoms with Crippen LogP contribution in [0.5, 0.6) is 0 Å². The van der Waals surface area contributed by atoms with Gasteiger partial charge < -0.3 is 11.5 Å². The van der Waals surface area contributed by atoms with E-state index >= 15 is 4.39 Å². The maximum absolute atomic E-state index is 15.1. The van der Waals surface area contributed by atoms with Crippen molar-refractivity contribution >= 4 is 11.4 Å². The molecule has 2 fully saturated rings. The van der Waals surface area contributed by atoms with Gasteiger partial charge >= 0.3 is 0 Å². The van der Waals surface area contributed by atoms with Crippen LogP contribution in [0.3, 0.4) is 0 Å². The summed E-state index contributed by atoms with van der Waals surface area (Å²) < 4.78 is 29.8. The van der Waals surface area contributed by atoms with Crippen molar-refractivity contribution in [2.45, 2.75) is 77.0 Å². The highest BCUT2D eigenvalue weighted by molar-refractivity contribution is 5.62. The van der Waals surface area contributed by atoms with E-state index in [-0.39, 0.29) is 17.6 Å². The maximum atomic E-state index is 15.1. The van der Waals surface area contributed by atoms with Crippen LogP contribution in [0.2, 0.25) is 0 Å². The molecule has 2 saturated carbocycles. The number of rotatable bonds is 5. The van der Waals surface area contributed by atoms with Gasteiger partial charge in [0.25, 0.3) is 0 Å². The molecule has 4 aliphatic carbocycles. The molecule has 6 rings (SSSR count). The van der Waals surface area contributed by atoms with Crippen molar-refractivity contribution in [3.8, 4) is 0 Å². The number of halogens is 2. The lowest BCUT2D eigenvalue weighted by Crippen LogP contribution is -2.11. The molecule has 3 unspecified atom stereocenters. The number of anilines is 2. The van der Waals surface area contributed by atoms with Crippen molar-refractivity contribution in [3.63, 3.8) is 0 Å². The largest absolute Gasteiger partial charge is 0.398 e. The zero-order chi connectivity index (χ0) is 22.3. The molecule has 32 heavy (non-hydrogen) atoms. The van der Waals surface area contributed by atoms with Crippen molar-refractivity contribution in [2.75, 3.05) is 11.5 Å². The Labute approximate surface area is 189 Å². The number of fused-ring (bicyclic) bond motifs is 2. The summed E-state index contributed by atoms with van der Waals surface area (Å²) in [5.74, 6) is 2.57. The molecular weight excluding hydrogens is 402 g/mol. The summed E-state index contributed by atoms with van der Waals surface area (Å²) in [6, 6.07) is 3.42. The van der Waals surface area contributed by atoms with Gasteiger partial charge in [0.05, 0.1) is 0 Å². The van der Waals surface area contributed by atoms with Crippen LogP contribution >= 0.6 is 0 Å². The first-order chi connectivity index (χ1) is 15.3. The number of nitrogens with two attached hydrogens (primary N) is 2. The van der Waals surface area contributed by atoms with E-state index < -0.39 is 0 Å². The monoisotopic (exact) mass is 436 g/mol. The van der Waals surface area contributed by atoms with Gasteiger partial charge in [0.2, 0.25) is 0 Å². The summed E-state index contributed by atoms with van der Waals surface area (Å²) in [4.78, 5) is 0. The molecule has 4 heteroatoms. The summed E-state index contributed by atoms with van der Waals surface area (Å²) in [5.41, 5.74) is 20.6. The maximum Gasteiger partial charge on any atom is 0.127 e. The third kappa shape index (κ3) is 3.08. The molecule has 0 bridgehead atoms. The van der Waals surface area contributed by atoms with Crippen molar-refractivity contribution in [2.24, 2.45) is 23.7 Å². The zero-order valence-electron chi connectivity index (χ0n) is 19.2. The van der Waals surface area contributed by atoms with Crippen LogP contribution in [0.4, 0.5) is 20.2 Å². The molecule has 4 N–H and O–H groups in total. The Kier molecular flexibility index (Phi) is 4.61. The molecule has 2 aromatic rings. The summed E-state index contributed by atoms with van der Waals surface area (Å²) in [6.45, 7) is 4.39. The van der Waals surface area contributed by atoms with Gasteiger partial charge in [0.15, 0.2) is 0 Å². The normalized spacial score (nSPS) is 27.8. The first-order valence-corrected chi connectivity index (χ1v) is 12.5. The lowest BCUT2D eigenvalue weighted by molar-refractivity contribution is 0.434. The smallest absolute Gasteiger partial charge is 0.127 e. The zero-order valence-corrected chi connectivity index (χ0v) is 19.2.